The molecule has 0 bridgehead atoms. The van der Waals surface area contributed by atoms with E-state index in [4.69, 9.17) is 5.73 Å². The second kappa shape index (κ2) is 5.77. The number of nitrogens with two attached hydrogens (primary N) is 1. The lowest BCUT2D eigenvalue weighted by Crippen LogP contribution is -2.28. The fourth-order valence-corrected chi connectivity index (χ4v) is 3.14. The molecule has 0 aliphatic carbocycles. The molecule has 2 N–H and O–H groups in total. The molecule has 0 aromatic carbocycles. The van der Waals surface area contributed by atoms with Gasteiger partial charge in [0.2, 0.25) is 5.91 Å². The zero-order chi connectivity index (χ0) is 13.1. The van der Waals surface area contributed by atoms with Gasteiger partial charge in [-0.05, 0) is 13.3 Å². The van der Waals surface area contributed by atoms with Gasteiger partial charge in [-0.1, -0.05) is 0 Å². The highest BCUT2D eigenvalue weighted by Gasteiger charge is 2.20. The molecule has 1 fully saturated rings. The summed E-state index contributed by atoms with van der Waals surface area (Å²) in [6.45, 7) is 7.01. The summed E-state index contributed by atoms with van der Waals surface area (Å²) >= 11 is 1.53. The average molecular weight is 268 g/mol. The largest absolute Gasteiger partial charge is 0.326 e. The maximum atomic E-state index is 11.4. The molecule has 0 spiro atoms. The predicted molar refractivity (Wildman–Crippen MR) is 73.7 cm³/mol. The van der Waals surface area contributed by atoms with E-state index < -0.39 is 0 Å². The Labute approximate surface area is 112 Å². The van der Waals surface area contributed by atoms with Gasteiger partial charge in [-0.15, -0.1) is 11.3 Å². The van der Waals surface area contributed by atoms with Crippen molar-refractivity contribution in [3.05, 3.63) is 11.1 Å². The van der Waals surface area contributed by atoms with E-state index in [1.807, 2.05) is 12.3 Å². The first-order valence-corrected chi connectivity index (χ1v) is 7.18. The number of aromatic nitrogens is 1. The fourth-order valence-electron chi connectivity index (χ4n) is 2.22. The van der Waals surface area contributed by atoms with E-state index in [0.717, 1.165) is 36.9 Å². The number of hydrogen-bond acceptors (Lipinski definition) is 5. The van der Waals surface area contributed by atoms with Crippen molar-refractivity contribution < 1.29 is 4.79 Å². The standard InChI is InChI=1S/C12H20N4OS/c1-3-16(9(2)17)12-14-11(8-18-12)7-15-5-4-10(13)6-15/h8,10H,3-7,13H2,1-2H3. The Morgan fingerprint density at radius 1 is 1.72 bits per heavy atom. The van der Waals surface area contributed by atoms with Crippen LogP contribution in [0.25, 0.3) is 0 Å². The van der Waals surface area contributed by atoms with Gasteiger partial charge >= 0.3 is 0 Å². The van der Waals surface area contributed by atoms with Crippen molar-refractivity contribution >= 4 is 22.4 Å². The van der Waals surface area contributed by atoms with Gasteiger partial charge in [-0.2, -0.15) is 0 Å². The summed E-state index contributed by atoms with van der Waals surface area (Å²) in [6.07, 6.45) is 1.06. The Balaban J connectivity index is 1.99. The van der Waals surface area contributed by atoms with Gasteiger partial charge in [0.25, 0.3) is 0 Å². The van der Waals surface area contributed by atoms with Gasteiger partial charge in [0, 0.05) is 44.5 Å². The number of hydrogen-bond donors (Lipinski definition) is 1. The molecule has 1 aliphatic heterocycles. The third-order valence-electron chi connectivity index (χ3n) is 3.16. The third kappa shape index (κ3) is 3.07. The Kier molecular flexibility index (Phi) is 4.31. The van der Waals surface area contributed by atoms with Crippen LogP contribution in [-0.4, -0.2) is 41.5 Å². The van der Waals surface area contributed by atoms with Gasteiger partial charge in [0.1, 0.15) is 0 Å². The number of likely N-dealkylation sites (tertiary alicyclic amines) is 1. The summed E-state index contributed by atoms with van der Waals surface area (Å²) in [5.74, 6) is 0.0431. The van der Waals surface area contributed by atoms with E-state index in [9.17, 15) is 4.79 Å². The van der Waals surface area contributed by atoms with Crippen molar-refractivity contribution in [1.29, 1.82) is 0 Å². The molecule has 100 valence electrons. The van der Waals surface area contributed by atoms with Crippen molar-refractivity contribution in [3.8, 4) is 0 Å². The summed E-state index contributed by atoms with van der Waals surface area (Å²) < 4.78 is 0. The van der Waals surface area contributed by atoms with Crippen molar-refractivity contribution in [3.63, 3.8) is 0 Å². The molecule has 6 heteroatoms. The van der Waals surface area contributed by atoms with Gasteiger partial charge < -0.3 is 5.73 Å². The van der Waals surface area contributed by atoms with Crippen LogP contribution in [0.1, 0.15) is 26.0 Å². The molecule has 0 radical (unpaired) electrons. The quantitative estimate of drug-likeness (QED) is 0.886. The molecule has 5 nitrogen and oxygen atoms in total. The van der Waals surface area contributed by atoms with E-state index in [-0.39, 0.29) is 5.91 Å². The highest BCUT2D eigenvalue weighted by Crippen LogP contribution is 2.22. The van der Waals surface area contributed by atoms with Gasteiger partial charge in [0.05, 0.1) is 5.69 Å². The zero-order valence-electron chi connectivity index (χ0n) is 10.9. The second-order valence-electron chi connectivity index (χ2n) is 4.67. The topological polar surface area (TPSA) is 62.5 Å². The number of anilines is 1. The Bertz CT molecular complexity index is 420. The molecular formula is C12H20N4OS. The van der Waals surface area contributed by atoms with E-state index in [1.165, 1.54) is 11.3 Å². The molecule has 0 saturated carbocycles. The molecular weight excluding hydrogens is 248 g/mol. The molecule has 1 unspecified atom stereocenters. The number of amides is 1. The maximum absolute atomic E-state index is 11.4. The molecule has 1 aliphatic rings. The second-order valence-corrected chi connectivity index (χ2v) is 5.51. The SMILES string of the molecule is CCN(C(C)=O)c1nc(CN2CCC(N)C2)cs1. The van der Waals surface area contributed by atoms with Gasteiger partial charge in [0.15, 0.2) is 5.13 Å². The Morgan fingerprint density at radius 3 is 3.06 bits per heavy atom. The van der Waals surface area contributed by atoms with E-state index in [0.29, 0.717) is 12.6 Å². The number of nitrogens with zero attached hydrogens (tertiary/aromatic N) is 3. The highest BCUT2D eigenvalue weighted by atomic mass is 32.1. The van der Waals surface area contributed by atoms with Crippen LogP contribution in [0, 0.1) is 0 Å². The lowest BCUT2D eigenvalue weighted by molar-refractivity contribution is -0.116. The first-order valence-electron chi connectivity index (χ1n) is 6.30. The molecule has 1 amide bonds. The molecule has 1 aromatic heterocycles. The van der Waals surface area contributed by atoms with Crippen molar-refractivity contribution in [1.82, 2.24) is 9.88 Å². The van der Waals surface area contributed by atoms with Crippen LogP contribution in [-0.2, 0) is 11.3 Å². The number of carbonyl (C=O) groups excluding carboxylic acids is 1. The molecule has 2 rings (SSSR count). The minimum Gasteiger partial charge on any atom is -0.326 e. The summed E-state index contributed by atoms with van der Waals surface area (Å²) in [6, 6.07) is 0.299. The molecule has 1 atom stereocenters. The Hall–Kier alpha value is -0.980. The minimum absolute atomic E-state index is 0.0431. The van der Waals surface area contributed by atoms with Crippen molar-refractivity contribution in [2.45, 2.75) is 32.9 Å². The number of carbonyl (C=O) groups is 1. The van der Waals surface area contributed by atoms with Gasteiger partial charge in [-0.25, -0.2) is 4.98 Å². The summed E-state index contributed by atoms with van der Waals surface area (Å²) in [5.41, 5.74) is 6.91. The zero-order valence-corrected chi connectivity index (χ0v) is 11.7. The number of thiazole rings is 1. The minimum atomic E-state index is 0.0431. The highest BCUT2D eigenvalue weighted by molar-refractivity contribution is 7.14. The number of rotatable bonds is 4. The van der Waals surface area contributed by atoms with Crippen LogP contribution in [0.2, 0.25) is 0 Å². The van der Waals surface area contributed by atoms with Crippen molar-refractivity contribution in [2.24, 2.45) is 5.73 Å². The van der Waals surface area contributed by atoms with E-state index in [2.05, 4.69) is 9.88 Å². The van der Waals surface area contributed by atoms with E-state index >= 15 is 0 Å². The van der Waals surface area contributed by atoms with Crippen LogP contribution < -0.4 is 10.6 Å². The third-order valence-corrected chi connectivity index (χ3v) is 4.07. The monoisotopic (exact) mass is 268 g/mol. The molecule has 18 heavy (non-hydrogen) atoms. The fraction of sp³-hybridized carbons (Fsp3) is 0.667. The van der Waals surface area contributed by atoms with Crippen LogP contribution in [0.4, 0.5) is 5.13 Å². The Morgan fingerprint density at radius 2 is 2.50 bits per heavy atom. The summed E-state index contributed by atoms with van der Waals surface area (Å²) in [7, 11) is 0. The van der Waals surface area contributed by atoms with Crippen LogP contribution >= 0.6 is 11.3 Å². The first-order chi connectivity index (χ1) is 8.60. The normalized spacial score (nSPS) is 20.3. The maximum Gasteiger partial charge on any atom is 0.225 e. The predicted octanol–water partition coefficient (Wildman–Crippen LogP) is 1.05. The van der Waals surface area contributed by atoms with Gasteiger partial charge in [-0.3, -0.25) is 14.6 Å². The summed E-state index contributed by atoms with van der Waals surface area (Å²) in [4.78, 5) is 20.0. The summed E-state index contributed by atoms with van der Waals surface area (Å²) in [5, 5.41) is 2.83. The van der Waals surface area contributed by atoms with Crippen molar-refractivity contribution in [2.75, 3.05) is 24.5 Å². The van der Waals surface area contributed by atoms with Crippen LogP contribution in [0.15, 0.2) is 5.38 Å². The smallest absolute Gasteiger partial charge is 0.225 e. The lowest BCUT2D eigenvalue weighted by atomic mass is 10.3. The van der Waals surface area contributed by atoms with Crippen LogP contribution in [0.5, 0.6) is 0 Å². The lowest BCUT2D eigenvalue weighted by Gasteiger charge is -2.15. The molecule has 2 heterocycles. The first kappa shape index (κ1) is 13.5. The van der Waals surface area contributed by atoms with E-state index in [1.54, 1.807) is 11.8 Å². The molecule has 1 aromatic rings. The average Bonchev–Trinajstić information content (AvgIpc) is 2.90. The molecule has 1 saturated heterocycles. The van der Waals surface area contributed by atoms with Crippen LogP contribution in [0.3, 0.4) is 0 Å².